The molecule has 2 saturated heterocycles. The highest BCUT2D eigenvalue weighted by atomic mass is 35.5. The van der Waals surface area contributed by atoms with E-state index in [9.17, 15) is 24.6 Å². The predicted octanol–water partition coefficient (Wildman–Crippen LogP) is 6.64. The van der Waals surface area contributed by atoms with Crippen molar-refractivity contribution < 1.29 is 34.1 Å². The van der Waals surface area contributed by atoms with E-state index in [0.29, 0.717) is 40.4 Å². The van der Waals surface area contributed by atoms with Gasteiger partial charge >= 0.3 is 0 Å². The summed E-state index contributed by atoms with van der Waals surface area (Å²) in [5.74, 6) is -4.41. The second-order valence-electron chi connectivity index (χ2n) is 14.0. The van der Waals surface area contributed by atoms with Crippen LogP contribution in [0.25, 0.3) is 0 Å². The average molecular weight is 753 g/mol. The van der Waals surface area contributed by atoms with Gasteiger partial charge in [0.1, 0.15) is 17.2 Å². The first-order valence-electron chi connectivity index (χ1n) is 17.4. The zero-order valence-electron chi connectivity index (χ0n) is 28.5. The van der Waals surface area contributed by atoms with Gasteiger partial charge in [-0.1, -0.05) is 71.2 Å². The van der Waals surface area contributed by atoms with Crippen LogP contribution in [0.3, 0.4) is 0 Å². The Labute approximate surface area is 315 Å². The van der Waals surface area contributed by atoms with E-state index in [-0.39, 0.29) is 41.3 Å². The van der Waals surface area contributed by atoms with Crippen molar-refractivity contribution in [3.8, 4) is 17.2 Å². The Kier molecular flexibility index (Phi) is 8.70. The molecule has 1 saturated carbocycles. The lowest BCUT2D eigenvalue weighted by molar-refractivity contribution is -0.141. The van der Waals surface area contributed by atoms with Gasteiger partial charge in [0.2, 0.25) is 11.8 Å². The summed E-state index contributed by atoms with van der Waals surface area (Å²) in [6, 6.07) is 25.0. The molecule has 2 aliphatic carbocycles. The van der Waals surface area contributed by atoms with Crippen LogP contribution in [0.2, 0.25) is 10.0 Å². The first kappa shape index (κ1) is 34.7. The normalized spacial score (nSPS) is 26.2. The maximum Gasteiger partial charge on any atom is 0.260 e. The molecule has 6 atom stereocenters. The summed E-state index contributed by atoms with van der Waals surface area (Å²) in [6.07, 6.45) is 2.83. The molecule has 0 spiro atoms. The Bertz CT molecular complexity index is 2170. The second kappa shape index (κ2) is 13.3. The number of benzene rings is 4. The summed E-state index contributed by atoms with van der Waals surface area (Å²) in [4.78, 5) is 59.8. The topological polar surface area (TPSA) is 136 Å². The van der Waals surface area contributed by atoms with E-state index in [0.717, 1.165) is 16.1 Å². The molecule has 270 valence electrons. The number of carbonyl (C=O) groups excluding carboxylic acids is 4. The number of hydrazine groups is 1. The van der Waals surface area contributed by atoms with Crippen molar-refractivity contribution in [1.29, 1.82) is 0 Å². The number of phenolic OH excluding ortho intramolecular Hbond substituents is 2. The summed E-state index contributed by atoms with van der Waals surface area (Å²) in [7, 11) is 1.55. The number of allylic oxidation sites excluding steroid dienone is 2. The van der Waals surface area contributed by atoms with Crippen LogP contribution in [0.15, 0.2) is 103 Å². The highest BCUT2D eigenvalue weighted by Crippen LogP contribution is 2.64. The van der Waals surface area contributed by atoms with E-state index in [1.54, 1.807) is 92.0 Å². The SMILES string of the molecule is COc1ccc([C@@]23C(=O)N(Nc4ccc(Cl)cc4Cl)C(=O)[C@@H]2C[C@@H]2C(=CC[C@@H]4C(=O)N(CCc5ccc(O)cc5)C(=O)[C@@H]42)[C@@H]3c2ccc(O)cc2)cc1. The van der Waals surface area contributed by atoms with Crippen molar-refractivity contribution in [2.45, 2.75) is 30.6 Å². The Hall–Kier alpha value is -5.32. The molecular formula is C41H35Cl2N3O7. The Balaban J connectivity index is 1.25. The monoisotopic (exact) mass is 751 g/mol. The third-order valence-electron chi connectivity index (χ3n) is 11.5. The smallest absolute Gasteiger partial charge is 0.260 e. The van der Waals surface area contributed by atoms with Crippen LogP contribution in [-0.2, 0) is 31.0 Å². The fourth-order valence-electron chi connectivity index (χ4n) is 9.07. The molecule has 12 heteroatoms. The van der Waals surface area contributed by atoms with Gasteiger partial charge in [-0.05, 0) is 96.5 Å². The zero-order chi connectivity index (χ0) is 37.2. The summed E-state index contributed by atoms with van der Waals surface area (Å²) >= 11 is 12.7. The number of fused-ring (bicyclic) bond motifs is 4. The number of hydrogen-bond donors (Lipinski definition) is 3. The van der Waals surface area contributed by atoms with Crippen molar-refractivity contribution in [2.24, 2.45) is 23.7 Å². The van der Waals surface area contributed by atoms with E-state index in [1.807, 2.05) is 6.08 Å². The van der Waals surface area contributed by atoms with Crippen LogP contribution in [0, 0.1) is 23.7 Å². The van der Waals surface area contributed by atoms with Crippen LogP contribution in [0.4, 0.5) is 5.69 Å². The molecule has 4 aliphatic rings. The molecule has 2 aliphatic heterocycles. The molecule has 0 radical (unpaired) electrons. The third-order valence-corrected chi connectivity index (χ3v) is 12.0. The van der Waals surface area contributed by atoms with Gasteiger partial charge in [-0.2, -0.15) is 5.01 Å². The zero-order valence-corrected chi connectivity index (χ0v) is 30.1. The van der Waals surface area contributed by atoms with Crippen LogP contribution < -0.4 is 10.2 Å². The minimum absolute atomic E-state index is 0.0316. The first-order chi connectivity index (χ1) is 25.5. The number of phenols is 2. The summed E-state index contributed by atoms with van der Waals surface area (Å²) in [6.45, 7) is 0.176. The fourth-order valence-corrected chi connectivity index (χ4v) is 9.53. The lowest BCUT2D eigenvalue weighted by Crippen LogP contribution is -2.53. The molecule has 8 rings (SSSR count). The first-order valence-corrected chi connectivity index (χ1v) is 18.1. The average Bonchev–Trinajstić information content (AvgIpc) is 3.53. The number of anilines is 1. The molecule has 10 nitrogen and oxygen atoms in total. The number of carbonyl (C=O) groups is 4. The number of imide groups is 2. The lowest BCUT2D eigenvalue weighted by atomic mass is 9.49. The van der Waals surface area contributed by atoms with E-state index < -0.39 is 46.8 Å². The van der Waals surface area contributed by atoms with Gasteiger partial charge in [0.15, 0.2) is 0 Å². The van der Waals surface area contributed by atoms with E-state index >= 15 is 4.79 Å². The fraction of sp³-hybridized carbons (Fsp3) is 0.268. The van der Waals surface area contributed by atoms with Gasteiger partial charge in [0.05, 0.1) is 41.0 Å². The van der Waals surface area contributed by atoms with Crippen molar-refractivity contribution in [3.63, 3.8) is 0 Å². The summed E-state index contributed by atoms with van der Waals surface area (Å²) < 4.78 is 5.46. The van der Waals surface area contributed by atoms with Gasteiger partial charge in [-0.25, -0.2) is 0 Å². The number of rotatable bonds is 8. The number of methoxy groups -OCH3 is 1. The number of hydrogen-bond acceptors (Lipinski definition) is 8. The predicted molar refractivity (Wildman–Crippen MR) is 197 cm³/mol. The molecule has 2 heterocycles. The van der Waals surface area contributed by atoms with E-state index in [2.05, 4.69) is 5.43 Å². The molecular weight excluding hydrogens is 717 g/mol. The van der Waals surface area contributed by atoms with Gasteiger partial charge in [-0.3, -0.25) is 29.5 Å². The quantitative estimate of drug-likeness (QED) is 0.135. The number of aromatic hydroxyl groups is 2. The van der Waals surface area contributed by atoms with Crippen LogP contribution in [0.1, 0.15) is 35.4 Å². The maximum atomic E-state index is 15.3. The largest absolute Gasteiger partial charge is 0.508 e. The Morgan fingerprint density at radius 1 is 0.830 bits per heavy atom. The number of nitrogens with zero attached hydrogens (tertiary/aromatic N) is 2. The van der Waals surface area contributed by atoms with Crippen LogP contribution in [0.5, 0.6) is 17.2 Å². The van der Waals surface area contributed by atoms with Crippen molar-refractivity contribution in [3.05, 3.63) is 129 Å². The molecule has 3 fully saturated rings. The number of likely N-dealkylation sites (tertiary alicyclic amines) is 1. The number of amides is 4. The molecule has 0 unspecified atom stereocenters. The van der Waals surface area contributed by atoms with Gasteiger partial charge in [0.25, 0.3) is 11.8 Å². The second-order valence-corrected chi connectivity index (χ2v) is 14.9. The minimum atomic E-state index is -1.49. The van der Waals surface area contributed by atoms with Crippen molar-refractivity contribution in [1.82, 2.24) is 9.91 Å². The van der Waals surface area contributed by atoms with Crippen LogP contribution >= 0.6 is 23.2 Å². The third kappa shape index (κ3) is 5.54. The Morgan fingerprint density at radius 2 is 1.51 bits per heavy atom. The molecule has 0 aromatic heterocycles. The molecule has 4 aromatic rings. The lowest BCUT2D eigenvalue weighted by Gasteiger charge is -2.50. The van der Waals surface area contributed by atoms with Crippen LogP contribution in [-0.4, -0.2) is 57.4 Å². The van der Waals surface area contributed by atoms with Crippen molar-refractivity contribution >= 4 is 52.5 Å². The van der Waals surface area contributed by atoms with Gasteiger partial charge in [0, 0.05) is 17.5 Å². The number of nitrogens with one attached hydrogen (secondary N) is 1. The van der Waals surface area contributed by atoms with Crippen molar-refractivity contribution in [2.75, 3.05) is 19.1 Å². The molecule has 3 N–H and O–H groups in total. The highest BCUT2D eigenvalue weighted by Gasteiger charge is 2.70. The number of halogens is 2. The van der Waals surface area contributed by atoms with Gasteiger partial charge in [-0.15, -0.1) is 0 Å². The summed E-state index contributed by atoms with van der Waals surface area (Å²) in [5.41, 5.74) is 4.73. The number of ether oxygens (including phenoxy) is 1. The van der Waals surface area contributed by atoms with E-state index in [4.69, 9.17) is 27.9 Å². The Morgan fingerprint density at radius 3 is 2.17 bits per heavy atom. The highest BCUT2D eigenvalue weighted by molar-refractivity contribution is 6.36. The van der Waals surface area contributed by atoms with Gasteiger partial charge < -0.3 is 14.9 Å². The molecule has 4 amide bonds. The minimum Gasteiger partial charge on any atom is -0.508 e. The summed E-state index contributed by atoms with van der Waals surface area (Å²) in [5, 5.41) is 21.7. The molecule has 4 aromatic carbocycles. The van der Waals surface area contributed by atoms with E-state index in [1.165, 1.54) is 11.0 Å². The standard InChI is InChI=1S/C41H35Cl2N3O7/c1-53-28-13-6-24(7-14-28)41-32(38(50)46(40(41)52)44-34-17-8-25(42)20-33(34)43)21-31-29(36(41)23-4-11-27(48)12-5-23)15-16-30-35(31)39(51)45(37(30)49)19-18-22-2-9-26(47)10-3-22/h2-15,17,20,30-32,35-36,44,47-48H,16,18-19,21H2,1H3/t30-,31+,32-,35-,36-,41+/m0/s1. The maximum absolute atomic E-state index is 15.3. The molecule has 0 bridgehead atoms. The molecule has 53 heavy (non-hydrogen) atoms.